The predicted octanol–water partition coefficient (Wildman–Crippen LogP) is 4.94. The predicted molar refractivity (Wildman–Crippen MR) is 121 cm³/mol. The van der Waals surface area contributed by atoms with Gasteiger partial charge in [-0.3, -0.25) is 9.59 Å². The average molecular weight is 389 g/mol. The van der Waals surface area contributed by atoms with E-state index in [4.69, 9.17) is 0 Å². The summed E-state index contributed by atoms with van der Waals surface area (Å²) in [7, 11) is 7.91. The topological polar surface area (TPSA) is 40.6 Å². The zero-order chi connectivity index (χ0) is 21.4. The normalized spacial score (nSPS) is 9.83. The Morgan fingerprint density at radius 2 is 0.931 bits per heavy atom. The van der Waals surface area contributed by atoms with Gasteiger partial charge in [0.2, 0.25) is 0 Å². The Kier molecular flexibility index (Phi) is 7.72. The highest BCUT2D eigenvalue weighted by molar-refractivity contribution is 6.09. The quantitative estimate of drug-likeness (QED) is 0.581. The van der Waals surface area contributed by atoms with E-state index in [-0.39, 0.29) is 11.6 Å². The zero-order valence-corrected chi connectivity index (χ0v) is 17.7. The number of nitrogens with zero attached hydrogens (tertiary/aromatic N) is 2. The van der Waals surface area contributed by atoms with Gasteiger partial charge in [-0.25, -0.2) is 0 Å². The summed E-state index contributed by atoms with van der Waals surface area (Å²) in [4.78, 5) is 27.0. The molecule has 0 saturated heterocycles. The first kappa shape index (κ1) is 21.9. The molecule has 0 aliphatic carbocycles. The largest absolute Gasteiger partial charge is 0.378 e. The first-order valence-electron chi connectivity index (χ1n) is 9.45. The molecule has 3 aromatic rings. The van der Waals surface area contributed by atoms with Crippen LogP contribution in [0.3, 0.4) is 0 Å². The summed E-state index contributed by atoms with van der Waals surface area (Å²) < 4.78 is 0. The second-order valence-electron chi connectivity index (χ2n) is 7.13. The fraction of sp³-hybridized carbons (Fsp3) is 0.200. The molecule has 4 heteroatoms. The van der Waals surface area contributed by atoms with Gasteiger partial charge in [0.15, 0.2) is 11.6 Å². The van der Waals surface area contributed by atoms with Crippen LogP contribution in [-0.4, -0.2) is 39.8 Å². The van der Waals surface area contributed by atoms with Crippen LogP contribution >= 0.6 is 0 Å². The van der Waals surface area contributed by atoms with Gasteiger partial charge < -0.3 is 9.80 Å². The Labute approximate surface area is 173 Å². The molecule has 3 rings (SSSR count). The van der Waals surface area contributed by atoms with Crippen molar-refractivity contribution in [3.05, 3.63) is 95.6 Å². The van der Waals surface area contributed by atoms with Crippen molar-refractivity contribution in [1.29, 1.82) is 0 Å². The first-order chi connectivity index (χ1) is 13.8. The molecule has 0 atom stereocenters. The van der Waals surface area contributed by atoms with Crippen LogP contribution in [0.4, 0.5) is 11.4 Å². The number of ketones is 2. The SMILES string of the molecule is CC(=O)c1ccc(N(C)C)cc1.CN(C)c1ccc(C(=O)c2ccccc2)cc1. The molecule has 29 heavy (non-hydrogen) atoms. The molecule has 0 bridgehead atoms. The highest BCUT2D eigenvalue weighted by Gasteiger charge is 2.08. The summed E-state index contributed by atoms with van der Waals surface area (Å²) in [5.74, 6) is 0.177. The van der Waals surface area contributed by atoms with E-state index in [9.17, 15) is 9.59 Å². The molecule has 0 heterocycles. The molecule has 0 saturated carbocycles. The van der Waals surface area contributed by atoms with Crippen molar-refractivity contribution in [2.75, 3.05) is 38.0 Å². The number of anilines is 2. The lowest BCUT2D eigenvalue weighted by Crippen LogP contribution is -2.09. The van der Waals surface area contributed by atoms with E-state index in [1.54, 1.807) is 6.92 Å². The number of carbonyl (C=O) groups is 2. The summed E-state index contributed by atoms with van der Waals surface area (Å²) in [6.45, 7) is 1.57. The van der Waals surface area contributed by atoms with Crippen LogP contribution in [-0.2, 0) is 0 Å². The van der Waals surface area contributed by atoms with Crippen molar-refractivity contribution < 1.29 is 9.59 Å². The van der Waals surface area contributed by atoms with E-state index in [2.05, 4.69) is 0 Å². The van der Waals surface area contributed by atoms with E-state index >= 15 is 0 Å². The van der Waals surface area contributed by atoms with Crippen LogP contribution in [0.5, 0.6) is 0 Å². The molecular weight excluding hydrogens is 360 g/mol. The fourth-order valence-electron chi connectivity index (χ4n) is 2.66. The number of hydrogen-bond donors (Lipinski definition) is 0. The third-order valence-corrected chi connectivity index (χ3v) is 4.47. The van der Waals surface area contributed by atoms with Crippen LogP contribution < -0.4 is 9.80 Å². The van der Waals surface area contributed by atoms with Crippen molar-refractivity contribution in [1.82, 2.24) is 0 Å². The van der Waals surface area contributed by atoms with Crippen molar-refractivity contribution in [3.8, 4) is 0 Å². The highest BCUT2D eigenvalue weighted by Crippen LogP contribution is 2.15. The van der Waals surface area contributed by atoms with Crippen LogP contribution in [0.25, 0.3) is 0 Å². The highest BCUT2D eigenvalue weighted by atomic mass is 16.1. The molecule has 0 aliphatic heterocycles. The van der Waals surface area contributed by atoms with E-state index in [0.29, 0.717) is 0 Å². The number of benzene rings is 3. The monoisotopic (exact) mass is 388 g/mol. The van der Waals surface area contributed by atoms with Gasteiger partial charge in [0.1, 0.15) is 0 Å². The van der Waals surface area contributed by atoms with Gasteiger partial charge in [0.05, 0.1) is 0 Å². The lowest BCUT2D eigenvalue weighted by Gasteiger charge is -2.12. The maximum Gasteiger partial charge on any atom is 0.193 e. The van der Waals surface area contributed by atoms with Gasteiger partial charge in [0, 0.05) is 56.3 Å². The summed E-state index contributed by atoms with van der Waals surface area (Å²) in [6.07, 6.45) is 0. The van der Waals surface area contributed by atoms with Crippen LogP contribution in [0.1, 0.15) is 33.2 Å². The molecule has 0 aliphatic rings. The molecule has 0 radical (unpaired) electrons. The lowest BCUT2D eigenvalue weighted by molar-refractivity contribution is 0.101. The van der Waals surface area contributed by atoms with Crippen molar-refractivity contribution >= 4 is 22.9 Å². The van der Waals surface area contributed by atoms with E-state index in [1.165, 1.54) is 0 Å². The third-order valence-electron chi connectivity index (χ3n) is 4.47. The Morgan fingerprint density at radius 1 is 0.552 bits per heavy atom. The van der Waals surface area contributed by atoms with E-state index < -0.39 is 0 Å². The van der Waals surface area contributed by atoms with Crippen LogP contribution in [0.15, 0.2) is 78.9 Å². The Morgan fingerprint density at radius 3 is 1.31 bits per heavy atom. The second-order valence-corrected chi connectivity index (χ2v) is 7.13. The average Bonchev–Trinajstić information content (AvgIpc) is 2.74. The van der Waals surface area contributed by atoms with Gasteiger partial charge in [-0.15, -0.1) is 0 Å². The number of rotatable bonds is 5. The van der Waals surface area contributed by atoms with Gasteiger partial charge in [-0.1, -0.05) is 30.3 Å². The Bertz CT molecular complexity index is 929. The number of Topliss-reactive ketones (excluding diaryl/α,β-unsaturated/α-hetero) is 1. The first-order valence-corrected chi connectivity index (χ1v) is 9.45. The molecule has 4 nitrogen and oxygen atoms in total. The van der Waals surface area contributed by atoms with Gasteiger partial charge in [-0.05, 0) is 55.5 Å². The standard InChI is InChI=1S/C15H15NO.C10H13NO/c1-16(2)14-10-8-13(9-11-14)15(17)12-6-4-3-5-7-12;1-8(12)9-4-6-10(7-5-9)11(2)3/h3-11H,1-2H3;4-7H,1-3H3. The van der Waals surface area contributed by atoms with Crippen molar-refractivity contribution in [2.24, 2.45) is 0 Å². The number of carbonyl (C=O) groups excluding carboxylic acids is 2. The molecular formula is C25H28N2O2. The molecule has 0 spiro atoms. The summed E-state index contributed by atoms with van der Waals surface area (Å²) >= 11 is 0. The Balaban J connectivity index is 0.000000221. The molecule has 0 amide bonds. The van der Waals surface area contributed by atoms with Crippen LogP contribution in [0.2, 0.25) is 0 Å². The van der Waals surface area contributed by atoms with Gasteiger partial charge >= 0.3 is 0 Å². The second kappa shape index (κ2) is 10.2. The third kappa shape index (κ3) is 6.32. The maximum atomic E-state index is 12.1. The maximum absolute atomic E-state index is 12.1. The zero-order valence-electron chi connectivity index (χ0n) is 17.7. The molecule has 0 N–H and O–H groups in total. The van der Waals surface area contributed by atoms with Gasteiger partial charge in [0.25, 0.3) is 0 Å². The minimum atomic E-state index is 0.0657. The minimum absolute atomic E-state index is 0.0657. The van der Waals surface area contributed by atoms with Crippen molar-refractivity contribution in [3.63, 3.8) is 0 Å². The summed E-state index contributed by atoms with van der Waals surface area (Å²) in [5.41, 5.74) is 4.42. The fourth-order valence-corrected chi connectivity index (χ4v) is 2.66. The van der Waals surface area contributed by atoms with E-state index in [0.717, 1.165) is 28.1 Å². The molecule has 3 aromatic carbocycles. The Hall–Kier alpha value is -3.40. The van der Waals surface area contributed by atoms with E-state index in [1.807, 2.05) is 117 Å². The smallest absolute Gasteiger partial charge is 0.193 e. The molecule has 150 valence electrons. The molecule has 0 fully saturated rings. The summed E-state index contributed by atoms with van der Waals surface area (Å²) in [5, 5.41) is 0. The van der Waals surface area contributed by atoms with Crippen LogP contribution in [0, 0.1) is 0 Å². The summed E-state index contributed by atoms with van der Waals surface area (Å²) in [6, 6.07) is 24.5. The lowest BCUT2D eigenvalue weighted by atomic mass is 10.0. The van der Waals surface area contributed by atoms with Crippen molar-refractivity contribution in [2.45, 2.75) is 6.92 Å². The minimum Gasteiger partial charge on any atom is -0.378 e. The van der Waals surface area contributed by atoms with Gasteiger partial charge in [-0.2, -0.15) is 0 Å². The number of hydrogen-bond acceptors (Lipinski definition) is 4. The molecule has 0 aromatic heterocycles. The molecule has 0 unspecified atom stereocenters.